The van der Waals surface area contributed by atoms with Gasteiger partial charge in [-0.15, -0.1) is 21.8 Å². The number of urea groups is 1. The molecule has 1 aliphatic rings. The number of thiocarbonyl (C=S) groups is 1. The van der Waals surface area contributed by atoms with Gasteiger partial charge in [-0.25, -0.2) is 9.69 Å². The van der Waals surface area contributed by atoms with Gasteiger partial charge in [0.2, 0.25) is 5.13 Å². The molecule has 0 saturated carbocycles. The van der Waals surface area contributed by atoms with Crippen LogP contribution in [0.3, 0.4) is 0 Å². The summed E-state index contributed by atoms with van der Waals surface area (Å²) in [5, 5.41) is 9.98. The maximum atomic E-state index is 12.8. The van der Waals surface area contributed by atoms with E-state index in [9.17, 15) is 4.79 Å². The Balaban J connectivity index is 1.80. The van der Waals surface area contributed by atoms with Crippen molar-refractivity contribution in [2.24, 2.45) is 0 Å². The molecule has 1 fully saturated rings. The number of anilines is 1. The molecule has 1 saturated heterocycles. The molecule has 0 spiro atoms. The molecule has 1 aromatic carbocycles. The van der Waals surface area contributed by atoms with Crippen molar-refractivity contribution in [2.45, 2.75) is 38.8 Å². The Morgan fingerprint density at radius 3 is 2.96 bits per heavy atom. The largest absolute Gasteiger partial charge is 0.459 e. The van der Waals surface area contributed by atoms with Gasteiger partial charge in [-0.3, -0.25) is 0 Å². The van der Waals surface area contributed by atoms with Crippen LogP contribution in [0.2, 0.25) is 0 Å². The molecule has 0 N–H and O–H groups in total. The molecule has 1 unspecified atom stereocenters. The zero-order chi connectivity index (χ0) is 20.1. The molecule has 0 aliphatic carbocycles. The Hall–Kier alpha value is -1.77. The van der Waals surface area contributed by atoms with E-state index in [1.54, 1.807) is 16.8 Å². The van der Waals surface area contributed by atoms with Crippen molar-refractivity contribution in [3.05, 3.63) is 40.4 Å². The van der Waals surface area contributed by atoms with E-state index in [-0.39, 0.29) is 6.03 Å². The molecule has 3 rings (SSSR count). The SMILES string of the molecule is CCCc1cccc(C(=S)OC2CCN(C)C(=O)N2c2nnc(CCCl)s2)c1. The summed E-state index contributed by atoms with van der Waals surface area (Å²) >= 11 is 12.7. The van der Waals surface area contributed by atoms with Crippen molar-refractivity contribution in [1.82, 2.24) is 15.1 Å². The van der Waals surface area contributed by atoms with Gasteiger partial charge in [0, 0.05) is 37.9 Å². The number of carbonyl (C=O) groups excluding carboxylic acids is 1. The molecule has 0 bridgehead atoms. The Kier molecular flexibility index (Phi) is 7.20. The van der Waals surface area contributed by atoms with E-state index in [4.69, 9.17) is 28.6 Å². The minimum atomic E-state index is -0.511. The molecule has 1 aliphatic heterocycles. The van der Waals surface area contributed by atoms with Gasteiger partial charge in [-0.2, -0.15) is 0 Å². The molecular formula is C19H23ClN4O2S2. The first-order valence-corrected chi connectivity index (χ1v) is 11.0. The number of ether oxygens (including phenoxy) is 1. The average Bonchev–Trinajstić information content (AvgIpc) is 3.14. The van der Waals surface area contributed by atoms with Gasteiger partial charge in [0.25, 0.3) is 0 Å². The van der Waals surface area contributed by atoms with E-state index in [0.717, 1.165) is 23.4 Å². The van der Waals surface area contributed by atoms with Gasteiger partial charge in [-0.05, 0) is 30.3 Å². The molecule has 0 radical (unpaired) electrons. The highest BCUT2D eigenvalue weighted by atomic mass is 35.5. The zero-order valence-electron chi connectivity index (χ0n) is 15.9. The maximum absolute atomic E-state index is 12.8. The highest BCUT2D eigenvalue weighted by Gasteiger charge is 2.37. The fraction of sp³-hybridized carbons (Fsp3) is 0.474. The summed E-state index contributed by atoms with van der Waals surface area (Å²) in [6.07, 6.45) is 2.79. The van der Waals surface area contributed by atoms with Crippen LogP contribution in [0.15, 0.2) is 24.3 Å². The smallest absolute Gasteiger partial charge is 0.329 e. The van der Waals surface area contributed by atoms with Crippen LogP contribution in [0.25, 0.3) is 0 Å². The lowest BCUT2D eigenvalue weighted by Gasteiger charge is -2.37. The number of aromatic nitrogens is 2. The minimum absolute atomic E-state index is 0.174. The summed E-state index contributed by atoms with van der Waals surface area (Å²) in [7, 11) is 1.76. The summed E-state index contributed by atoms with van der Waals surface area (Å²) in [5.41, 5.74) is 2.07. The predicted molar refractivity (Wildman–Crippen MR) is 116 cm³/mol. The fourth-order valence-electron chi connectivity index (χ4n) is 3.01. The zero-order valence-corrected chi connectivity index (χ0v) is 18.3. The van der Waals surface area contributed by atoms with Crippen molar-refractivity contribution in [3.8, 4) is 0 Å². The monoisotopic (exact) mass is 438 g/mol. The maximum Gasteiger partial charge on any atom is 0.329 e. The number of halogens is 1. The lowest BCUT2D eigenvalue weighted by molar-refractivity contribution is 0.128. The second-order valence-electron chi connectivity index (χ2n) is 6.59. The van der Waals surface area contributed by atoms with Crippen molar-refractivity contribution in [2.75, 3.05) is 24.4 Å². The number of hydrogen-bond donors (Lipinski definition) is 0. The van der Waals surface area contributed by atoms with E-state index < -0.39 is 6.23 Å². The standard InChI is InChI=1S/C19H23ClN4O2S2/c1-3-5-13-6-4-7-14(12-13)17(27)26-16-9-11-23(2)19(25)24(16)18-22-21-15(28-18)8-10-20/h4,6-7,12,16H,3,5,8-11H2,1-2H3. The van der Waals surface area contributed by atoms with Gasteiger partial charge < -0.3 is 9.64 Å². The van der Waals surface area contributed by atoms with Gasteiger partial charge in [0.1, 0.15) is 5.01 Å². The molecule has 150 valence electrons. The number of carbonyl (C=O) groups is 1. The highest BCUT2D eigenvalue weighted by molar-refractivity contribution is 7.80. The molecule has 28 heavy (non-hydrogen) atoms. The second kappa shape index (κ2) is 9.62. The Morgan fingerprint density at radius 2 is 2.21 bits per heavy atom. The van der Waals surface area contributed by atoms with E-state index in [1.165, 1.54) is 16.9 Å². The fourth-order valence-corrected chi connectivity index (χ4v) is 4.41. The van der Waals surface area contributed by atoms with Crippen molar-refractivity contribution in [1.29, 1.82) is 0 Å². The Labute approximate surface area is 179 Å². The molecule has 2 amide bonds. The molecule has 2 aromatic rings. The molecule has 9 heteroatoms. The summed E-state index contributed by atoms with van der Waals surface area (Å²) in [6, 6.07) is 7.88. The second-order valence-corrected chi connectivity index (χ2v) is 8.38. The number of aryl methyl sites for hydroxylation is 2. The first-order valence-electron chi connectivity index (χ1n) is 9.26. The number of benzene rings is 1. The van der Waals surface area contributed by atoms with E-state index in [0.29, 0.717) is 35.4 Å². The highest BCUT2D eigenvalue weighted by Crippen LogP contribution is 2.29. The van der Waals surface area contributed by atoms with Gasteiger partial charge in [0.05, 0.1) is 0 Å². The summed E-state index contributed by atoms with van der Waals surface area (Å²) in [6.45, 7) is 2.73. The quantitative estimate of drug-likeness (QED) is 0.477. The van der Waals surface area contributed by atoms with Gasteiger partial charge >= 0.3 is 6.03 Å². The summed E-state index contributed by atoms with van der Waals surface area (Å²) < 4.78 is 6.09. The number of rotatable bonds is 7. The number of alkyl halides is 1. The Morgan fingerprint density at radius 1 is 1.39 bits per heavy atom. The van der Waals surface area contributed by atoms with Crippen LogP contribution in [0.5, 0.6) is 0 Å². The summed E-state index contributed by atoms with van der Waals surface area (Å²) in [4.78, 5) is 16.0. The van der Waals surface area contributed by atoms with Crippen LogP contribution in [0.4, 0.5) is 9.93 Å². The molecule has 6 nitrogen and oxygen atoms in total. The van der Waals surface area contributed by atoms with E-state index >= 15 is 0 Å². The first kappa shape index (κ1) is 21.0. The third-order valence-electron chi connectivity index (χ3n) is 4.45. The predicted octanol–water partition coefficient (Wildman–Crippen LogP) is 4.25. The third-order valence-corrected chi connectivity index (χ3v) is 5.95. The number of amides is 2. The summed E-state index contributed by atoms with van der Waals surface area (Å²) in [5.74, 6) is 0.459. The van der Waals surface area contributed by atoms with Crippen molar-refractivity contribution in [3.63, 3.8) is 0 Å². The topological polar surface area (TPSA) is 58.6 Å². The van der Waals surface area contributed by atoms with Crippen LogP contribution < -0.4 is 4.90 Å². The number of nitrogens with zero attached hydrogens (tertiary/aromatic N) is 4. The van der Waals surface area contributed by atoms with Crippen molar-refractivity contribution >= 4 is 51.4 Å². The lowest BCUT2D eigenvalue weighted by Crippen LogP contribution is -2.54. The first-order chi connectivity index (χ1) is 13.5. The Bertz CT molecular complexity index is 845. The third kappa shape index (κ3) is 4.79. The number of hydrogen-bond acceptors (Lipinski definition) is 6. The lowest BCUT2D eigenvalue weighted by atomic mass is 10.1. The van der Waals surface area contributed by atoms with Gasteiger partial charge in [0.15, 0.2) is 11.3 Å². The minimum Gasteiger partial charge on any atom is -0.459 e. The normalized spacial score (nSPS) is 17.1. The van der Waals surface area contributed by atoms with Crippen LogP contribution in [0.1, 0.15) is 35.9 Å². The molecule has 2 heterocycles. The average molecular weight is 439 g/mol. The van der Waals surface area contributed by atoms with Gasteiger partial charge in [-0.1, -0.05) is 42.9 Å². The molecule has 1 aromatic heterocycles. The van der Waals surface area contributed by atoms with Crippen LogP contribution in [0, 0.1) is 0 Å². The van der Waals surface area contributed by atoms with Crippen LogP contribution in [-0.4, -0.2) is 51.9 Å². The van der Waals surface area contributed by atoms with E-state index in [2.05, 4.69) is 29.3 Å². The van der Waals surface area contributed by atoms with Crippen LogP contribution in [-0.2, 0) is 17.6 Å². The van der Waals surface area contributed by atoms with E-state index in [1.807, 2.05) is 12.1 Å². The van der Waals surface area contributed by atoms with Crippen LogP contribution >= 0.6 is 35.2 Å². The molecule has 1 atom stereocenters. The molecular weight excluding hydrogens is 416 g/mol. The van der Waals surface area contributed by atoms with Crippen molar-refractivity contribution < 1.29 is 9.53 Å².